The SMILES string of the molecule is CCCCCCCCCCCCCCCN(CCNc1ccnc2cc(Cl)ccc12)CCNc1ccnc2cc(Cl)ccc12. The van der Waals surface area contributed by atoms with Gasteiger partial charge in [0.25, 0.3) is 0 Å². The molecule has 0 unspecified atom stereocenters. The number of benzene rings is 2. The number of anilines is 2. The molecular formula is C37H51Cl2N5. The molecule has 0 aliphatic heterocycles. The van der Waals surface area contributed by atoms with Crippen molar-refractivity contribution in [3.05, 3.63) is 71.0 Å². The molecular weight excluding hydrogens is 585 g/mol. The molecule has 0 saturated carbocycles. The third-order valence-corrected chi connectivity index (χ3v) is 8.94. The predicted molar refractivity (Wildman–Crippen MR) is 193 cm³/mol. The number of fused-ring (bicyclic) bond motifs is 2. The fourth-order valence-electron chi connectivity index (χ4n) is 5.94. The Labute approximate surface area is 275 Å². The smallest absolute Gasteiger partial charge is 0.0737 e. The molecule has 0 aliphatic rings. The van der Waals surface area contributed by atoms with Crippen LogP contribution in [-0.4, -0.2) is 47.6 Å². The van der Waals surface area contributed by atoms with Gasteiger partial charge in [0.1, 0.15) is 0 Å². The minimum Gasteiger partial charge on any atom is -0.383 e. The molecule has 0 atom stereocenters. The normalized spacial score (nSPS) is 11.5. The van der Waals surface area contributed by atoms with Gasteiger partial charge < -0.3 is 10.6 Å². The zero-order valence-electron chi connectivity index (χ0n) is 26.6. The molecule has 0 spiro atoms. The Morgan fingerprint density at radius 1 is 0.545 bits per heavy atom. The fourth-order valence-corrected chi connectivity index (χ4v) is 6.27. The van der Waals surface area contributed by atoms with Crippen molar-refractivity contribution in [2.24, 2.45) is 0 Å². The molecule has 0 bridgehead atoms. The summed E-state index contributed by atoms with van der Waals surface area (Å²) in [5, 5.41) is 10.9. The number of rotatable bonds is 22. The summed E-state index contributed by atoms with van der Waals surface area (Å²) in [5.41, 5.74) is 4.04. The number of unbranched alkanes of at least 4 members (excludes halogenated alkanes) is 12. The average molecular weight is 637 g/mol. The van der Waals surface area contributed by atoms with Crippen LogP contribution in [0.3, 0.4) is 0 Å². The van der Waals surface area contributed by atoms with Crippen LogP contribution in [-0.2, 0) is 0 Å². The predicted octanol–water partition coefficient (Wildman–Crippen LogP) is 11.0. The van der Waals surface area contributed by atoms with E-state index in [0.29, 0.717) is 10.0 Å². The van der Waals surface area contributed by atoms with Gasteiger partial charge in [-0.15, -0.1) is 0 Å². The lowest BCUT2D eigenvalue weighted by molar-refractivity contribution is 0.286. The van der Waals surface area contributed by atoms with Gasteiger partial charge in [-0.05, 0) is 61.5 Å². The van der Waals surface area contributed by atoms with Gasteiger partial charge in [0.15, 0.2) is 0 Å². The highest BCUT2D eigenvalue weighted by Crippen LogP contribution is 2.25. The Balaban J connectivity index is 1.21. The van der Waals surface area contributed by atoms with Crippen LogP contribution >= 0.6 is 23.2 Å². The zero-order valence-corrected chi connectivity index (χ0v) is 28.1. The van der Waals surface area contributed by atoms with Crippen molar-refractivity contribution in [1.82, 2.24) is 14.9 Å². The minimum atomic E-state index is 0.712. The van der Waals surface area contributed by atoms with E-state index in [1.807, 2.05) is 36.7 Å². The highest BCUT2D eigenvalue weighted by Gasteiger charge is 2.08. The molecule has 44 heavy (non-hydrogen) atoms. The Kier molecular flexibility index (Phi) is 15.4. The molecule has 7 heteroatoms. The summed E-state index contributed by atoms with van der Waals surface area (Å²) in [7, 11) is 0. The second-order valence-electron chi connectivity index (χ2n) is 12.0. The van der Waals surface area contributed by atoms with Crippen LogP contribution in [0.4, 0.5) is 11.4 Å². The fraction of sp³-hybridized carbons (Fsp3) is 0.514. The standard InChI is InChI=1S/C37H51Cl2N5/c1-2-3-4-5-6-7-8-9-10-11-12-13-14-25-44(26-23-42-34-19-21-40-36-28-30(38)15-17-32(34)36)27-24-43-35-20-22-41-37-29-31(39)16-18-33(35)37/h15-22,28-29H,2-14,23-27H2,1H3,(H,40,42)(H,41,43). The maximum absolute atomic E-state index is 6.19. The third-order valence-electron chi connectivity index (χ3n) is 8.47. The molecule has 2 aromatic carbocycles. The number of pyridine rings is 2. The molecule has 4 aromatic rings. The van der Waals surface area contributed by atoms with Crippen LogP contribution in [0.1, 0.15) is 90.4 Å². The van der Waals surface area contributed by atoms with Crippen LogP contribution in [0.15, 0.2) is 60.9 Å². The monoisotopic (exact) mass is 635 g/mol. The van der Waals surface area contributed by atoms with Crippen LogP contribution in [0.2, 0.25) is 10.0 Å². The highest BCUT2D eigenvalue weighted by atomic mass is 35.5. The van der Waals surface area contributed by atoms with Crippen molar-refractivity contribution in [2.45, 2.75) is 90.4 Å². The number of nitrogens with one attached hydrogen (secondary N) is 2. The molecule has 0 aliphatic carbocycles. The third kappa shape index (κ3) is 11.7. The summed E-state index contributed by atoms with van der Waals surface area (Å²) in [6.45, 7) is 7.10. The van der Waals surface area contributed by atoms with E-state index in [0.717, 1.165) is 65.9 Å². The number of hydrogen-bond donors (Lipinski definition) is 2. The van der Waals surface area contributed by atoms with Gasteiger partial charge in [0, 0.05) is 70.8 Å². The van der Waals surface area contributed by atoms with Crippen molar-refractivity contribution < 1.29 is 0 Å². The van der Waals surface area contributed by atoms with Crippen molar-refractivity contribution in [3.8, 4) is 0 Å². The maximum Gasteiger partial charge on any atom is 0.0737 e. The molecule has 0 saturated heterocycles. The second kappa shape index (κ2) is 19.7. The van der Waals surface area contributed by atoms with Crippen LogP contribution in [0.25, 0.3) is 21.8 Å². The lowest BCUT2D eigenvalue weighted by Crippen LogP contribution is -2.34. The van der Waals surface area contributed by atoms with Gasteiger partial charge in [0.2, 0.25) is 0 Å². The van der Waals surface area contributed by atoms with Crippen molar-refractivity contribution >= 4 is 56.4 Å². The number of aromatic nitrogens is 2. The van der Waals surface area contributed by atoms with Gasteiger partial charge >= 0.3 is 0 Å². The number of nitrogens with zero attached hydrogens (tertiary/aromatic N) is 3. The van der Waals surface area contributed by atoms with Gasteiger partial charge in [-0.2, -0.15) is 0 Å². The summed E-state index contributed by atoms with van der Waals surface area (Å²) >= 11 is 12.4. The van der Waals surface area contributed by atoms with E-state index in [2.05, 4.69) is 56.7 Å². The largest absolute Gasteiger partial charge is 0.383 e. The van der Waals surface area contributed by atoms with E-state index >= 15 is 0 Å². The van der Waals surface area contributed by atoms with E-state index in [4.69, 9.17) is 23.2 Å². The molecule has 238 valence electrons. The molecule has 0 amide bonds. The van der Waals surface area contributed by atoms with E-state index in [-0.39, 0.29) is 0 Å². The van der Waals surface area contributed by atoms with Gasteiger partial charge in [0.05, 0.1) is 11.0 Å². The van der Waals surface area contributed by atoms with Gasteiger partial charge in [-0.1, -0.05) is 107 Å². The summed E-state index contributed by atoms with van der Waals surface area (Å²) in [5.74, 6) is 0. The van der Waals surface area contributed by atoms with Crippen LogP contribution < -0.4 is 10.6 Å². The minimum absolute atomic E-state index is 0.712. The molecule has 0 fully saturated rings. The lowest BCUT2D eigenvalue weighted by Gasteiger charge is -2.23. The van der Waals surface area contributed by atoms with E-state index < -0.39 is 0 Å². The Bertz CT molecular complexity index is 1300. The lowest BCUT2D eigenvalue weighted by atomic mass is 10.0. The first-order chi connectivity index (χ1) is 21.6. The van der Waals surface area contributed by atoms with Crippen LogP contribution in [0, 0.1) is 0 Å². The topological polar surface area (TPSA) is 53.1 Å². The quantitative estimate of drug-likeness (QED) is 0.0841. The Morgan fingerprint density at radius 3 is 1.43 bits per heavy atom. The number of halogens is 2. The Hall–Kier alpha value is -2.60. The summed E-state index contributed by atoms with van der Waals surface area (Å²) in [4.78, 5) is 11.6. The number of hydrogen-bond acceptors (Lipinski definition) is 5. The molecule has 4 rings (SSSR count). The second-order valence-corrected chi connectivity index (χ2v) is 12.9. The summed E-state index contributed by atoms with van der Waals surface area (Å²) in [6.07, 6.45) is 21.6. The van der Waals surface area contributed by atoms with Gasteiger partial charge in [-0.25, -0.2) is 0 Å². The zero-order chi connectivity index (χ0) is 30.8. The van der Waals surface area contributed by atoms with E-state index in [9.17, 15) is 0 Å². The first-order valence-electron chi connectivity index (χ1n) is 16.9. The maximum atomic E-state index is 6.19. The van der Waals surface area contributed by atoms with Crippen LogP contribution in [0.5, 0.6) is 0 Å². The van der Waals surface area contributed by atoms with Crippen molar-refractivity contribution in [1.29, 1.82) is 0 Å². The molecule has 2 N–H and O–H groups in total. The van der Waals surface area contributed by atoms with E-state index in [1.165, 1.54) is 83.5 Å². The molecule has 2 aromatic heterocycles. The average Bonchev–Trinajstić information content (AvgIpc) is 3.02. The molecule has 0 radical (unpaired) electrons. The summed E-state index contributed by atoms with van der Waals surface area (Å²) in [6, 6.07) is 15.9. The molecule has 2 heterocycles. The van der Waals surface area contributed by atoms with Crippen molar-refractivity contribution in [3.63, 3.8) is 0 Å². The molecule has 5 nitrogen and oxygen atoms in total. The van der Waals surface area contributed by atoms with Gasteiger partial charge in [-0.3, -0.25) is 14.9 Å². The Morgan fingerprint density at radius 2 is 0.977 bits per heavy atom. The highest BCUT2D eigenvalue weighted by molar-refractivity contribution is 6.31. The first-order valence-corrected chi connectivity index (χ1v) is 17.7. The first kappa shape index (κ1) is 34.3. The summed E-state index contributed by atoms with van der Waals surface area (Å²) < 4.78 is 0. The van der Waals surface area contributed by atoms with E-state index in [1.54, 1.807) is 0 Å². The van der Waals surface area contributed by atoms with Crippen molar-refractivity contribution in [2.75, 3.05) is 43.4 Å².